The third kappa shape index (κ3) is 3.38. The third-order valence-corrected chi connectivity index (χ3v) is 5.01. The van der Waals surface area contributed by atoms with Crippen molar-refractivity contribution >= 4 is 23.0 Å². The summed E-state index contributed by atoms with van der Waals surface area (Å²) in [4.78, 5) is 29.5. The van der Waals surface area contributed by atoms with Gasteiger partial charge < -0.3 is 19.9 Å². The molecule has 1 heterocycles. The lowest BCUT2D eigenvalue weighted by atomic mass is 9.98. The van der Waals surface area contributed by atoms with Gasteiger partial charge in [0, 0.05) is 13.6 Å². The molecule has 26 heavy (non-hydrogen) atoms. The summed E-state index contributed by atoms with van der Waals surface area (Å²) < 4.78 is 7.68. The van der Waals surface area contributed by atoms with Crippen LogP contribution in [-0.2, 0) is 16.6 Å². The lowest BCUT2D eigenvalue weighted by molar-refractivity contribution is -0.156. The Hall–Kier alpha value is -2.57. The molecule has 1 atom stereocenters. The highest BCUT2D eigenvalue weighted by molar-refractivity contribution is 5.88. The first-order chi connectivity index (χ1) is 12.5. The maximum absolute atomic E-state index is 12.9. The van der Waals surface area contributed by atoms with Gasteiger partial charge in [0.2, 0.25) is 0 Å². The first-order valence-corrected chi connectivity index (χ1v) is 9.15. The van der Waals surface area contributed by atoms with Crippen LogP contribution in [0.3, 0.4) is 0 Å². The maximum atomic E-state index is 12.9. The number of fused-ring (bicyclic) bond motifs is 1. The number of nitrogens with one attached hydrogen (secondary N) is 2. The van der Waals surface area contributed by atoms with Crippen molar-refractivity contribution in [1.82, 2.24) is 20.2 Å². The van der Waals surface area contributed by atoms with E-state index in [0.717, 1.165) is 23.9 Å². The number of aryl methyl sites for hydroxylation is 1. The molecular weight excluding hydrogens is 332 g/mol. The van der Waals surface area contributed by atoms with Gasteiger partial charge in [-0.25, -0.2) is 14.6 Å². The van der Waals surface area contributed by atoms with E-state index < -0.39 is 11.6 Å². The number of benzene rings is 1. The molecule has 2 N–H and O–H groups in total. The van der Waals surface area contributed by atoms with Crippen LogP contribution in [0.25, 0.3) is 11.0 Å². The van der Waals surface area contributed by atoms with Crippen molar-refractivity contribution in [1.29, 1.82) is 0 Å². The molecule has 0 aliphatic heterocycles. The van der Waals surface area contributed by atoms with E-state index in [0.29, 0.717) is 25.2 Å². The summed E-state index contributed by atoms with van der Waals surface area (Å²) in [5.41, 5.74) is 0.906. The number of imidazole rings is 1. The Morgan fingerprint density at radius 1 is 1.31 bits per heavy atom. The van der Waals surface area contributed by atoms with Crippen LogP contribution in [0.5, 0.6) is 0 Å². The molecule has 1 aromatic heterocycles. The predicted molar refractivity (Wildman–Crippen MR) is 98.6 cm³/mol. The van der Waals surface area contributed by atoms with Gasteiger partial charge in [0.15, 0.2) is 11.9 Å². The fourth-order valence-corrected chi connectivity index (χ4v) is 3.63. The Morgan fingerprint density at radius 2 is 2.00 bits per heavy atom. The summed E-state index contributed by atoms with van der Waals surface area (Å²) in [6.07, 6.45) is 2.47. The summed E-state index contributed by atoms with van der Waals surface area (Å²) in [6, 6.07) is 7.47. The van der Waals surface area contributed by atoms with E-state index in [1.54, 1.807) is 0 Å². The zero-order valence-corrected chi connectivity index (χ0v) is 15.5. The summed E-state index contributed by atoms with van der Waals surface area (Å²) in [6.45, 7) is 4.16. The standard InChI is InChI=1S/C19H26N4O3/c1-4-20-18(25)22-19(11-7-8-12-19)17(24)26-13(2)16-21-14-9-5-6-10-15(14)23(16)3/h5-6,9-10,13H,4,7-8,11-12H2,1-3H3,(H2,20,22,25)/t13-/m1/s1. The Labute approximate surface area is 153 Å². The Bertz CT molecular complexity index is 808. The first kappa shape index (κ1) is 18.2. The first-order valence-electron chi connectivity index (χ1n) is 9.15. The van der Waals surface area contributed by atoms with Crippen LogP contribution in [0.1, 0.15) is 51.5 Å². The van der Waals surface area contributed by atoms with Crippen LogP contribution in [0.15, 0.2) is 24.3 Å². The van der Waals surface area contributed by atoms with Crippen molar-refractivity contribution in [2.45, 2.75) is 51.2 Å². The van der Waals surface area contributed by atoms with Gasteiger partial charge in [0.25, 0.3) is 0 Å². The molecule has 0 bridgehead atoms. The van der Waals surface area contributed by atoms with Gasteiger partial charge in [-0.15, -0.1) is 0 Å². The zero-order chi connectivity index (χ0) is 18.7. The Balaban J connectivity index is 1.78. The normalized spacial score (nSPS) is 17.0. The quantitative estimate of drug-likeness (QED) is 0.805. The SMILES string of the molecule is CCNC(=O)NC1(C(=O)O[C@H](C)c2nc3ccccc3n2C)CCCC1. The molecule has 1 saturated carbocycles. The molecule has 1 fully saturated rings. The summed E-state index contributed by atoms with van der Waals surface area (Å²) in [7, 11) is 1.91. The summed E-state index contributed by atoms with van der Waals surface area (Å²) in [5.74, 6) is 0.298. The van der Waals surface area contributed by atoms with Crippen molar-refractivity contribution < 1.29 is 14.3 Å². The van der Waals surface area contributed by atoms with Crippen LogP contribution in [-0.4, -0.2) is 33.6 Å². The van der Waals surface area contributed by atoms with Crippen LogP contribution >= 0.6 is 0 Å². The predicted octanol–water partition coefficient (Wildman–Crippen LogP) is 2.81. The second-order valence-corrected chi connectivity index (χ2v) is 6.84. The zero-order valence-electron chi connectivity index (χ0n) is 15.5. The third-order valence-electron chi connectivity index (χ3n) is 5.01. The fourth-order valence-electron chi connectivity index (χ4n) is 3.63. The summed E-state index contributed by atoms with van der Waals surface area (Å²) >= 11 is 0. The van der Waals surface area contributed by atoms with Crippen LogP contribution < -0.4 is 10.6 Å². The molecule has 2 aromatic rings. The lowest BCUT2D eigenvalue weighted by Gasteiger charge is -2.29. The number of ether oxygens (including phenoxy) is 1. The minimum Gasteiger partial charge on any atom is -0.453 e. The number of hydrogen-bond donors (Lipinski definition) is 2. The number of carbonyl (C=O) groups excluding carboxylic acids is 2. The molecule has 1 aliphatic rings. The number of aromatic nitrogens is 2. The highest BCUT2D eigenvalue weighted by Gasteiger charge is 2.44. The Morgan fingerprint density at radius 3 is 2.65 bits per heavy atom. The van der Waals surface area contributed by atoms with Crippen LogP contribution in [0.2, 0.25) is 0 Å². The molecular formula is C19H26N4O3. The van der Waals surface area contributed by atoms with E-state index in [-0.39, 0.29) is 12.0 Å². The number of nitrogens with zero attached hydrogens (tertiary/aromatic N) is 2. The molecule has 3 rings (SSSR count). The smallest absolute Gasteiger partial charge is 0.332 e. The van der Waals surface area contributed by atoms with E-state index in [2.05, 4.69) is 15.6 Å². The van der Waals surface area contributed by atoms with Gasteiger partial charge in [-0.05, 0) is 38.8 Å². The lowest BCUT2D eigenvalue weighted by Crippen LogP contribution is -2.56. The largest absolute Gasteiger partial charge is 0.453 e. The monoisotopic (exact) mass is 358 g/mol. The van der Waals surface area contributed by atoms with E-state index in [9.17, 15) is 9.59 Å². The van der Waals surface area contributed by atoms with Gasteiger partial charge >= 0.3 is 12.0 Å². The van der Waals surface area contributed by atoms with E-state index in [1.165, 1.54) is 0 Å². The second-order valence-electron chi connectivity index (χ2n) is 6.84. The minimum atomic E-state index is -0.946. The van der Waals surface area contributed by atoms with Crippen molar-refractivity contribution in [2.75, 3.05) is 6.54 Å². The number of para-hydroxylation sites is 2. The van der Waals surface area contributed by atoms with Crippen molar-refractivity contribution in [3.8, 4) is 0 Å². The topological polar surface area (TPSA) is 85.2 Å². The number of amides is 2. The van der Waals surface area contributed by atoms with E-state index >= 15 is 0 Å². The van der Waals surface area contributed by atoms with Crippen molar-refractivity contribution in [2.24, 2.45) is 7.05 Å². The van der Waals surface area contributed by atoms with Crippen molar-refractivity contribution in [3.05, 3.63) is 30.1 Å². The number of urea groups is 1. The van der Waals surface area contributed by atoms with Gasteiger partial charge in [-0.1, -0.05) is 25.0 Å². The molecule has 0 saturated heterocycles. The van der Waals surface area contributed by atoms with Gasteiger partial charge in [0.1, 0.15) is 5.54 Å². The molecule has 7 nitrogen and oxygen atoms in total. The van der Waals surface area contributed by atoms with Gasteiger partial charge in [-0.3, -0.25) is 0 Å². The molecule has 0 radical (unpaired) electrons. The average Bonchev–Trinajstić information content (AvgIpc) is 3.21. The number of esters is 1. The minimum absolute atomic E-state index is 0.332. The molecule has 0 unspecified atom stereocenters. The molecule has 2 amide bonds. The molecule has 1 aromatic carbocycles. The molecule has 1 aliphatic carbocycles. The van der Waals surface area contributed by atoms with Gasteiger partial charge in [-0.2, -0.15) is 0 Å². The fraction of sp³-hybridized carbons (Fsp3) is 0.526. The molecule has 7 heteroatoms. The molecule has 0 spiro atoms. The van der Waals surface area contributed by atoms with Crippen LogP contribution in [0.4, 0.5) is 4.79 Å². The highest BCUT2D eigenvalue weighted by atomic mass is 16.5. The maximum Gasteiger partial charge on any atom is 0.332 e. The van der Waals surface area contributed by atoms with Crippen molar-refractivity contribution in [3.63, 3.8) is 0 Å². The van der Waals surface area contributed by atoms with E-state index in [4.69, 9.17) is 4.74 Å². The highest BCUT2D eigenvalue weighted by Crippen LogP contribution is 2.33. The Kier molecular flexibility index (Phi) is 5.15. The number of rotatable bonds is 5. The van der Waals surface area contributed by atoms with E-state index in [1.807, 2.05) is 49.7 Å². The average molecular weight is 358 g/mol. The molecule has 140 valence electrons. The number of carbonyl (C=O) groups is 2. The summed E-state index contributed by atoms with van der Waals surface area (Å²) in [5, 5.41) is 5.53. The number of hydrogen-bond acceptors (Lipinski definition) is 4. The second kappa shape index (κ2) is 7.35. The van der Waals surface area contributed by atoms with Gasteiger partial charge in [0.05, 0.1) is 11.0 Å². The van der Waals surface area contributed by atoms with Crippen LogP contribution in [0, 0.1) is 0 Å².